The zero-order chi connectivity index (χ0) is 20.3. The highest BCUT2D eigenvalue weighted by molar-refractivity contribution is 5.96. The number of carbonyl (C=O) groups is 1. The Bertz CT molecular complexity index is 905. The van der Waals surface area contributed by atoms with E-state index in [0.29, 0.717) is 26.4 Å². The number of nitrogens with one attached hydrogen (secondary N) is 2. The highest BCUT2D eigenvalue weighted by Gasteiger charge is 2.25. The zero-order valence-electron chi connectivity index (χ0n) is 17.1. The number of nitrogens with zero attached hydrogens (tertiary/aromatic N) is 4. The Morgan fingerprint density at radius 3 is 2.20 bits per heavy atom. The van der Waals surface area contributed by atoms with Crippen molar-refractivity contribution in [2.75, 3.05) is 74.3 Å². The molecule has 30 heavy (non-hydrogen) atoms. The van der Waals surface area contributed by atoms with Crippen LogP contribution in [-0.2, 0) is 14.3 Å². The first-order valence-electron chi connectivity index (χ1n) is 10.8. The maximum Gasteiger partial charge on any atom is 0.241 e. The van der Waals surface area contributed by atoms with Gasteiger partial charge in [0.1, 0.15) is 0 Å². The molecule has 1 amide bonds. The van der Waals surface area contributed by atoms with Crippen LogP contribution in [0.3, 0.4) is 0 Å². The van der Waals surface area contributed by atoms with Gasteiger partial charge in [0, 0.05) is 31.9 Å². The first-order valence-corrected chi connectivity index (χ1v) is 10.8. The van der Waals surface area contributed by atoms with Gasteiger partial charge in [0.2, 0.25) is 5.91 Å². The third-order valence-corrected chi connectivity index (χ3v) is 5.89. The molecule has 1 aromatic carbocycles. The molecule has 0 bridgehead atoms. The van der Waals surface area contributed by atoms with Crippen LogP contribution in [0.5, 0.6) is 0 Å². The van der Waals surface area contributed by atoms with Crippen LogP contribution in [0, 0.1) is 0 Å². The van der Waals surface area contributed by atoms with Crippen LogP contribution < -0.4 is 20.4 Å². The number of carbonyl (C=O) groups excluding carboxylic acids is 1. The number of hydrogen-bond donors (Lipinski definition) is 2. The van der Waals surface area contributed by atoms with Crippen molar-refractivity contribution in [3.8, 4) is 0 Å². The maximum absolute atomic E-state index is 12.5. The van der Waals surface area contributed by atoms with Crippen LogP contribution in [0.25, 0.3) is 11.0 Å². The lowest BCUT2D eigenvalue weighted by atomic mass is 10.2. The number of hydrogen-bond acceptors (Lipinski definition) is 8. The fraction of sp³-hybridized carbons (Fsp3) is 0.571. The Balaban J connectivity index is 1.47. The smallest absolute Gasteiger partial charge is 0.241 e. The largest absolute Gasteiger partial charge is 0.378 e. The first-order chi connectivity index (χ1) is 14.8. The Morgan fingerprint density at radius 1 is 0.967 bits per heavy atom. The van der Waals surface area contributed by atoms with Crippen molar-refractivity contribution in [2.45, 2.75) is 18.9 Å². The monoisotopic (exact) mass is 412 g/mol. The lowest BCUT2D eigenvalue weighted by Gasteiger charge is -2.34. The Labute approximate surface area is 175 Å². The topological polar surface area (TPSA) is 91.9 Å². The van der Waals surface area contributed by atoms with Crippen LogP contribution in [0.1, 0.15) is 12.8 Å². The lowest BCUT2D eigenvalue weighted by molar-refractivity contribution is -0.117. The SMILES string of the molecule is O=C(Nc1ccc2nc(N3CCOCC3)c(N3CCOCC3)nc2c1)[C@@H]1CCCN1. The van der Waals surface area contributed by atoms with E-state index in [1.165, 1.54) is 0 Å². The van der Waals surface area contributed by atoms with Crippen molar-refractivity contribution in [3.05, 3.63) is 18.2 Å². The van der Waals surface area contributed by atoms with Gasteiger partial charge in [-0.25, -0.2) is 9.97 Å². The van der Waals surface area contributed by atoms with Crippen LogP contribution in [0.2, 0.25) is 0 Å². The summed E-state index contributed by atoms with van der Waals surface area (Å²) >= 11 is 0. The molecule has 2 N–H and O–H groups in total. The van der Waals surface area contributed by atoms with Crippen molar-refractivity contribution in [1.82, 2.24) is 15.3 Å². The second-order valence-electron chi connectivity index (χ2n) is 7.91. The standard InChI is InChI=1S/C21H28N6O3/c28-21(17-2-1-5-22-17)23-15-3-4-16-18(14-15)25-20(27-8-12-30-13-9-27)19(24-16)26-6-10-29-11-7-26/h3-4,14,17,22H,1-2,5-13H2,(H,23,28)/t17-/m0/s1. The van der Waals surface area contributed by atoms with Gasteiger partial charge in [-0.15, -0.1) is 0 Å². The molecule has 9 nitrogen and oxygen atoms in total. The first kappa shape index (κ1) is 19.5. The molecule has 4 heterocycles. The van der Waals surface area contributed by atoms with E-state index in [-0.39, 0.29) is 11.9 Å². The lowest BCUT2D eigenvalue weighted by Crippen LogP contribution is -2.41. The predicted molar refractivity (Wildman–Crippen MR) is 115 cm³/mol. The second-order valence-corrected chi connectivity index (χ2v) is 7.91. The average molecular weight is 412 g/mol. The molecule has 2 aromatic rings. The summed E-state index contributed by atoms with van der Waals surface area (Å²) in [6.07, 6.45) is 1.91. The zero-order valence-corrected chi connectivity index (χ0v) is 17.1. The summed E-state index contributed by atoms with van der Waals surface area (Å²) in [4.78, 5) is 26.9. The van der Waals surface area contributed by atoms with Gasteiger partial charge in [-0.2, -0.15) is 0 Å². The van der Waals surface area contributed by atoms with Crippen LogP contribution in [0.15, 0.2) is 18.2 Å². The number of morpholine rings is 2. The minimum atomic E-state index is -0.112. The Hall–Kier alpha value is -2.49. The molecule has 0 spiro atoms. The molecule has 0 radical (unpaired) electrons. The minimum absolute atomic E-state index is 0.0122. The van der Waals surface area contributed by atoms with Crippen LogP contribution in [0.4, 0.5) is 17.3 Å². The number of fused-ring (bicyclic) bond motifs is 1. The van der Waals surface area contributed by atoms with Gasteiger partial charge < -0.3 is 29.9 Å². The molecule has 9 heteroatoms. The number of benzene rings is 1. The molecule has 1 atom stereocenters. The van der Waals surface area contributed by atoms with E-state index >= 15 is 0 Å². The molecule has 5 rings (SSSR count). The third kappa shape index (κ3) is 4.05. The summed E-state index contributed by atoms with van der Waals surface area (Å²) in [5.41, 5.74) is 2.36. The predicted octanol–water partition coefficient (Wildman–Crippen LogP) is 0.994. The van der Waals surface area contributed by atoms with Gasteiger partial charge in [-0.05, 0) is 37.6 Å². The van der Waals surface area contributed by atoms with Gasteiger partial charge in [0.05, 0.1) is 43.5 Å². The summed E-state index contributed by atoms with van der Waals surface area (Å²) in [5, 5.41) is 6.26. The summed E-state index contributed by atoms with van der Waals surface area (Å²) in [5.74, 6) is 1.80. The molecule has 3 saturated heterocycles. The maximum atomic E-state index is 12.5. The van der Waals surface area contributed by atoms with E-state index in [4.69, 9.17) is 19.4 Å². The van der Waals surface area contributed by atoms with Gasteiger partial charge in [-0.1, -0.05) is 0 Å². The summed E-state index contributed by atoms with van der Waals surface area (Å²) in [6, 6.07) is 5.65. The number of ether oxygens (including phenoxy) is 2. The molecule has 3 aliphatic rings. The molecule has 1 aromatic heterocycles. The summed E-state index contributed by atoms with van der Waals surface area (Å²) in [6.45, 7) is 6.86. The molecule has 0 saturated carbocycles. The molecular weight excluding hydrogens is 384 g/mol. The second kappa shape index (κ2) is 8.71. The normalized spacial score (nSPS) is 22.5. The van der Waals surface area contributed by atoms with E-state index in [2.05, 4.69) is 20.4 Å². The summed E-state index contributed by atoms with van der Waals surface area (Å²) < 4.78 is 11.0. The van der Waals surface area contributed by atoms with E-state index in [1.54, 1.807) is 0 Å². The van der Waals surface area contributed by atoms with Crippen LogP contribution >= 0.6 is 0 Å². The van der Waals surface area contributed by atoms with Gasteiger partial charge in [0.15, 0.2) is 11.6 Å². The van der Waals surface area contributed by atoms with E-state index in [1.807, 2.05) is 18.2 Å². The number of aromatic nitrogens is 2. The van der Waals surface area contributed by atoms with Crippen molar-refractivity contribution in [2.24, 2.45) is 0 Å². The highest BCUT2D eigenvalue weighted by atomic mass is 16.5. The van der Waals surface area contributed by atoms with Crippen molar-refractivity contribution in [3.63, 3.8) is 0 Å². The Kier molecular flexibility index (Phi) is 5.65. The fourth-order valence-electron chi connectivity index (χ4n) is 4.23. The van der Waals surface area contributed by atoms with Crippen LogP contribution in [-0.4, -0.2) is 81.1 Å². The molecule has 160 valence electrons. The highest BCUT2D eigenvalue weighted by Crippen LogP contribution is 2.30. The molecule has 3 aliphatic heterocycles. The molecular formula is C21H28N6O3. The third-order valence-electron chi connectivity index (χ3n) is 5.89. The van der Waals surface area contributed by atoms with E-state index in [0.717, 1.165) is 73.9 Å². The minimum Gasteiger partial charge on any atom is -0.378 e. The quantitative estimate of drug-likeness (QED) is 0.768. The number of amides is 1. The number of rotatable bonds is 4. The van der Waals surface area contributed by atoms with Crippen molar-refractivity contribution >= 4 is 34.3 Å². The fourth-order valence-corrected chi connectivity index (χ4v) is 4.23. The van der Waals surface area contributed by atoms with Gasteiger partial charge in [-0.3, -0.25) is 4.79 Å². The van der Waals surface area contributed by atoms with Crippen molar-refractivity contribution in [1.29, 1.82) is 0 Å². The summed E-state index contributed by atoms with van der Waals surface area (Å²) in [7, 11) is 0. The molecule has 0 aliphatic carbocycles. The average Bonchev–Trinajstić information content (AvgIpc) is 3.35. The Morgan fingerprint density at radius 2 is 1.60 bits per heavy atom. The van der Waals surface area contributed by atoms with Gasteiger partial charge >= 0.3 is 0 Å². The molecule has 3 fully saturated rings. The van der Waals surface area contributed by atoms with Gasteiger partial charge in [0.25, 0.3) is 0 Å². The van der Waals surface area contributed by atoms with E-state index in [9.17, 15) is 4.79 Å². The van der Waals surface area contributed by atoms with Crippen molar-refractivity contribution < 1.29 is 14.3 Å². The van der Waals surface area contributed by atoms with E-state index < -0.39 is 0 Å². The number of anilines is 3. The molecule has 0 unspecified atom stereocenters.